The van der Waals surface area contributed by atoms with Crippen molar-refractivity contribution in [3.05, 3.63) is 0 Å². The molecule has 0 amide bonds. The van der Waals surface area contributed by atoms with Crippen LogP contribution >= 0.6 is 0 Å². The van der Waals surface area contributed by atoms with Crippen LogP contribution in [0.1, 0.15) is 25.7 Å². The van der Waals surface area contributed by atoms with E-state index in [1.165, 1.54) is 32.5 Å². The zero-order chi connectivity index (χ0) is 14.0. The Morgan fingerprint density at radius 2 is 1.80 bits per heavy atom. The topological polar surface area (TPSA) is 37.0 Å². The van der Waals surface area contributed by atoms with E-state index in [-0.39, 0.29) is 5.79 Å². The first-order chi connectivity index (χ1) is 9.67. The molecule has 3 aliphatic rings. The lowest BCUT2D eigenvalue weighted by molar-refractivity contribution is -0.179. The fourth-order valence-corrected chi connectivity index (χ4v) is 3.67. The molecule has 3 fully saturated rings. The van der Waals surface area contributed by atoms with Crippen LogP contribution in [0.5, 0.6) is 0 Å². The molecule has 1 atom stereocenters. The molecular formula is C15H29N3O2. The Morgan fingerprint density at radius 3 is 2.50 bits per heavy atom. The summed E-state index contributed by atoms with van der Waals surface area (Å²) in [6.07, 6.45) is 4.44. The summed E-state index contributed by atoms with van der Waals surface area (Å²) in [5.74, 6) is -0.222. The molecule has 1 spiro atoms. The lowest BCUT2D eigenvalue weighted by atomic mass is 9.90. The predicted octanol–water partition coefficient (Wildman–Crippen LogP) is 0.508. The van der Waals surface area contributed by atoms with Gasteiger partial charge in [-0.25, -0.2) is 0 Å². The lowest BCUT2D eigenvalue weighted by Crippen LogP contribution is -2.55. The molecular weight excluding hydrogens is 254 g/mol. The maximum Gasteiger partial charge on any atom is 0.168 e. The largest absolute Gasteiger partial charge is 0.348 e. The fourth-order valence-electron chi connectivity index (χ4n) is 3.67. The molecule has 0 radical (unpaired) electrons. The van der Waals surface area contributed by atoms with Crippen LogP contribution in [-0.4, -0.2) is 81.2 Å². The molecule has 20 heavy (non-hydrogen) atoms. The Bertz CT molecular complexity index is 310. The monoisotopic (exact) mass is 283 g/mol. The number of hydrogen-bond acceptors (Lipinski definition) is 5. The second-order valence-corrected chi connectivity index (χ2v) is 6.69. The molecule has 0 aromatic heterocycles. The van der Waals surface area contributed by atoms with Gasteiger partial charge in [-0.15, -0.1) is 0 Å². The summed E-state index contributed by atoms with van der Waals surface area (Å²) in [5.41, 5.74) is 0. The fraction of sp³-hybridized carbons (Fsp3) is 1.00. The molecule has 5 nitrogen and oxygen atoms in total. The van der Waals surface area contributed by atoms with Gasteiger partial charge in [-0.1, -0.05) is 0 Å². The summed E-state index contributed by atoms with van der Waals surface area (Å²) in [5, 5.41) is 3.77. The molecule has 0 bridgehead atoms. The molecule has 1 N–H and O–H groups in total. The maximum absolute atomic E-state index is 5.79. The molecule has 2 heterocycles. The van der Waals surface area contributed by atoms with Crippen LogP contribution in [0, 0.1) is 0 Å². The van der Waals surface area contributed by atoms with Gasteiger partial charge in [0.1, 0.15) is 0 Å². The molecule has 1 saturated carbocycles. The number of piperazine rings is 1. The number of rotatable bonds is 3. The van der Waals surface area contributed by atoms with Crippen molar-refractivity contribution in [1.82, 2.24) is 15.1 Å². The van der Waals surface area contributed by atoms with Crippen molar-refractivity contribution in [1.29, 1.82) is 0 Å². The zero-order valence-corrected chi connectivity index (χ0v) is 12.9. The first-order valence-electron chi connectivity index (χ1n) is 8.07. The summed E-state index contributed by atoms with van der Waals surface area (Å²) in [7, 11) is 4.47. The first kappa shape index (κ1) is 14.7. The Kier molecular flexibility index (Phi) is 4.62. The van der Waals surface area contributed by atoms with Crippen molar-refractivity contribution >= 4 is 0 Å². The summed E-state index contributed by atoms with van der Waals surface area (Å²) >= 11 is 0. The van der Waals surface area contributed by atoms with E-state index in [1.54, 1.807) is 0 Å². The summed E-state index contributed by atoms with van der Waals surface area (Å²) in [4.78, 5) is 4.92. The number of ether oxygens (including phenoxy) is 2. The third-order valence-corrected chi connectivity index (χ3v) is 5.18. The number of nitrogens with zero attached hydrogens (tertiary/aromatic N) is 2. The second-order valence-electron chi connectivity index (χ2n) is 6.69. The van der Waals surface area contributed by atoms with E-state index >= 15 is 0 Å². The predicted molar refractivity (Wildman–Crippen MR) is 78.8 cm³/mol. The Morgan fingerprint density at radius 1 is 1.10 bits per heavy atom. The van der Waals surface area contributed by atoms with E-state index < -0.39 is 0 Å². The highest BCUT2D eigenvalue weighted by molar-refractivity contribution is 4.87. The Balaban J connectivity index is 1.41. The van der Waals surface area contributed by atoms with Gasteiger partial charge in [0.05, 0.1) is 13.2 Å². The van der Waals surface area contributed by atoms with Crippen molar-refractivity contribution in [2.45, 2.75) is 43.6 Å². The van der Waals surface area contributed by atoms with E-state index in [4.69, 9.17) is 9.47 Å². The molecule has 116 valence electrons. The molecule has 2 saturated heterocycles. The molecule has 2 aliphatic heterocycles. The van der Waals surface area contributed by atoms with Crippen LogP contribution in [-0.2, 0) is 9.47 Å². The number of hydrogen-bond donors (Lipinski definition) is 1. The van der Waals surface area contributed by atoms with Crippen molar-refractivity contribution in [3.8, 4) is 0 Å². The van der Waals surface area contributed by atoms with Gasteiger partial charge in [0.25, 0.3) is 0 Å². The minimum absolute atomic E-state index is 0.222. The van der Waals surface area contributed by atoms with Crippen molar-refractivity contribution in [2.24, 2.45) is 0 Å². The minimum Gasteiger partial charge on any atom is -0.348 e. The highest BCUT2D eigenvalue weighted by Gasteiger charge is 2.40. The van der Waals surface area contributed by atoms with E-state index in [9.17, 15) is 0 Å². The third kappa shape index (κ3) is 3.34. The van der Waals surface area contributed by atoms with Gasteiger partial charge in [-0.3, -0.25) is 4.90 Å². The molecule has 0 aromatic carbocycles. The number of nitrogens with one attached hydrogen (secondary N) is 1. The van der Waals surface area contributed by atoms with Gasteiger partial charge in [-0.2, -0.15) is 0 Å². The standard InChI is InChI=1S/C15H29N3O2/c1-17-7-8-18(2)14(12-17)11-16-13-3-5-15(6-4-13)19-9-10-20-15/h13-14,16H,3-12H2,1-2H3. The highest BCUT2D eigenvalue weighted by atomic mass is 16.7. The average molecular weight is 283 g/mol. The van der Waals surface area contributed by atoms with Crippen LogP contribution in [0.3, 0.4) is 0 Å². The first-order valence-corrected chi connectivity index (χ1v) is 8.07. The van der Waals surface area contributed by atoms with Crippen LogP contribution < -0.4 is 5.32 Å². The summed E-state index contributed by atoms with van der Waals surface area (Å²) < 4.78 is 11.6. The van der Waals surface area contributed by atoms with E-state index in [2.05, 4.69) is 29.2 Å². The molecule has 1 aliphatic carbocycles. The SMILES string of the molecule is CN1CCN(C)C(CNC2CCC3(CC2)OCCO3)C1. The van der Waals surface area contributed by atoms with E-state index in [0.29, 0.717) is 12.1 Å². The van der Waals surface area contributed by atoms with Gasteiger partial charge in [0.2, 0.25) is 0 Å². The van der Waals surface area contributed by atoms with Gasteiger partial charge in [0, 0.05) is 51.1 Å². The normalized spacial score (nSPS) is 33.0. The zero-order valence-electron chi connectivity index (χ0n) is 12.9. The second kappa shape index (κ2) is 6.28. The quantitative estimate of drug-likeness (QED) is 0.817. The summed E-state index contributed by atoms with van der Waals surface area (Å²) in [6, 6.07) is 1.28. The maximum atomic E-state index is 5.79. The highest BCUT2D eigenvalue weighted by Crippen LogP contribution is 2.35. The molecule has 3 rings (SSSR count). The van der Waals surface area contributed by atoms with Crippen LogP contribution in [0.4, 0.5) is 0 Å². The lowest BCUT2D eigenvalue weighted by Gasteiger charge is -2.40. The summed E-state index contributed by atoms with van der Waals surface area (Å²) in [6.45, 7) is 6.19. The van der Waals surface area contributed by atoms with E-state index in [0.717, 1.165) is 32.6 Å². The van der Waals surface area contributed by atoms with Gasteiger partial charge in [-0.05, 0) is 26.9 Å². The van der Waals surface area contributed by atoms with Crippen LogP contribution in [0.25, 0.3) is 0 Å². The Labute approximate surface area is 122 Å². The van der Waals surface area contributed by atoms with Gasteiger partial charge < -0.3 is 19.7 Å². The molecule has 1 unspecified atom stereocenters. The smallest absolute Gasteiger partial charge is 0.168 e. The third-order valence-electron chi connectivity index (χ3n) is 5.18. The van der Waals surface area contributed by atoms with Gasteiger partial charge in [0.15, 0.2) is 5.79 Å². The van der Waals surface area contributed by atoms with Crippen LogP contribution in [0.2, 0.25) is 0 Å². The minimum atomic E-state index is -0.222. The molecule has 5 heteroatoms. The Hall–Kier alpha value is -0.200. The van der Waals surface area contributed by atoms with E-state index in [1.807, 2.05) is 0 Å². The molecule has 0 aromatic rings. The van der Waals surface area contributed by atoms with Gasteiger partial charge >= 0.3 is 0 Å². The van der Waals surface area contributed by atoms with Crippen LogP contribution in [0.15, 0.2) is 0 Å². The van der Waals surface area contributed by atoms with Crippen molar-refractivity contribution < 1.29 is 9.47 Å². The van der Waals surface area contributed by atoms with Crippen molar-refractivity contribution in [3.63, 3.8) is 0 Å². The number of likely N-dealkylation sites (N-methyl/N-ethyl adjacent to an activating group) is 2. The van der Waals surface area contributed by atoms with Crippen molar-refractivity contribution in [2.75, 3.05) is 53.5 Å². The average Bonchev–Trinajstić information content (AvgIpc) is 2.90.